The number of unbranched alkanes of at least 4 members (excludes halogenated alkanes) is 1. The quantitative estimate of drug-likeness (QED) is 0.0521. The molecule has 3 aliphatic rings. The molecule has 0 aliphatic carbocycles. The molecule has 59 heavy (non-hydrogen) atoms. The van der Waals surface area contributed by atoms with Crippen molar-refractivity contribution in [3.05, 3.63) is 112 Å². The van der Waals surface area contributed by atoms with Crippen molar-refractivity contribution in [2.24, 2.45) is 5.92 Å². The highest BCUT2D eigenvalue weighted by molar-refractivity contribution is 6.91. The Morgan fingerprint density at radius 2 is 1.71 bits per heavy atom. The minimum absolute atomic E-state index is 0.0834. The van der Waals surface area contributed by atoms with Gasteiger partial charge in [-0.15, -0.1) is 0 Å². The van der Waals surface area contributed by atoms with Crippen molar-refractivity contribution in [1.29, 1.82) is 0 Å². The number of non-ortho nitro benzene ring substituents is 1. The summed E-state index contributed by atoms with van der Waals surface area (Å²) in [6.07, 6.45) is 1.65. The summed E-state index contributed by atoms with van der Waals surface area (Å²) in [7, 11) is -0.846. The molecule has 1 saturated heterocycles. The summed E-state index contributed by atoms with van der Waals surface area (Å²) in [4.78, 5) is 44.7. The number of nitrogens with one attached hydrogen (secondary N) is 1. The molecule has 3 N–H and O–H groups in total. The molecule has 0 bridgehead atoms. The fraction of sp³-hybridized carbons (Fsp3) is 0.422. The molecule has 3 aliphatic heterocycles. The smallest absolute Gasteiger partial charge is 0.269 e. The van der Waals surface area contributed by atoms with Crippen molar-refractivity contribution in [3.63, 3.8) is 0 Å². The maximum absolute atomic E-state index is 15.3. The van der Waals surface area contributed by atoms with Crippen molar-refractivity contribution < 1.29 is 38.9 Å². The number of carbonyl (C=O) groups excluding carboxylic acids is 2. The van der Waals surface area contributed by atoms with Gasteiger partial charge in [-0.1, -0.05) is 49.5 Å². The van der Waals surface area contributed by atoms with Gasteiger partial charge >= 0.3 is 0 Å². The summed E-state index contributed by atoms with van der Waals surface area (Å²) in [5, 5.41) is 36.4. The molecule has 7 rings (SSSR count). The number of ether oxygens (including phenoxy) is 3. The molecule has 0 radical (unpaired) electrons. The highest BCUT2D eigenvalue weighted by atomic mass is 28.3. The van der Waals surface area contributed by atoms with Crippen molar-refractivity contribution in [1.82, 2.24) is 5.32 Å². The topological polar surface area (TPSA) is 164 Å². The number of hydrogen-bond acceptors (Lipinski definition) is 10. The lowest BCUT2D eigenvalue weighted by Crippen LogP contribution is -2.51. The SMILES string of the molecule is CCOc1ccc2c(c1)CC(NCCCCO)C(=O)N2c1cccc(CN2C(=O)[C@@]3(O[C@@H](CCO)[C@H]([Si](C)(C)c4ccc(OC)cc4)[C@H]3C)c3cc([N+](=O)[O-])ccc32)c1. The molecule has 0 saturated carbocycles. The third-order valence-corrected chi connectivity index (χ3v) is 16.8. The molecule has 13 nitrogen and oxygen atoms in total. The molecular weight excluding hydrogens is 769 g/mol. The Labute approximate surface area is 346 Å². The summed E-state index contributed by atoms with van der Waals surface area (Å²) in [6.45, 7) is 9.55. The largest absolute Gasteiger partial charge is 0.497 e. The van der Waals surface area contributed by atoms with Crippen LogP contribution in [-0.4, -0.2) is 80.6 Å². The van der Waals surface area contributed by atoms with Crippen molar-refractivity contribution >= 4 is 47.8 Å². The van der Waals surface area contributed by atoms with Crippen LogP contribution in [0.2, 0.25) is 18.6 Å². The first-order valence-corrected chi connectivity index (χ1v) is 23.5. The number of nitro groups is 1. The molecule has 4 aromatic carbocycles. The van der Waals surface area contributed by atoms with E-state index in [1.54, 1.807) is 23.0 Å². The molecule has 4 aromatic rings. The molecule has 2 amide bonds. The van der Waals surface area contributed by atoms with Crippen LogP contribution in [-0.2, 0) is 32.9 Å². The Hall–Kier alpha value is -5.12. The molecule has 1 fully saturated rings. The third kappa shape index (κ3) is 7.64. The second-order valence-electron chi connectivity index (χ2n) is 16.2. The van der Waals surface area contributed by atoms with E-state index in [1.165, 1.54) is 12.1 Å². The molecule has 0 aromatic heterocycles. The maximum Gasteiger partial charge on any atom is 0.269 e. The summed E-state index contributed by atoms with van der Waals surface area (Å²) in [6, 6.07) is 25.3. The van der Waals surface area contributed by atoms with Crippen LogP contribution in [0, 0.1) is 16.0 Å². The number of nitrogens with zero attached hydrogens (tertiary/aromatic N) is 3. The Morgan fingerprint density at radius 1 is 0.966 bits per heavy atom. The number of hydrogen-bond donors (Lipinski definition) is 3. The Bertz CT molecular complexity index is 2200. The molecule has 3 heterocycles. The first kappa shape index (κ1) is 42.0. The van der Waals surface area contributed by atoms with Gasteiger partial charge in [-0.3, -0.25) is 24.6 Å². The molecule has 14 heteroatoms. The van der Waals surface area contributed by atoms with E-state index in [1.807, 2.05) is 68.4 Å². The zero-order valence-corrected chi connectivity index (χ0v) is 35.4. The van der Waals surface area contributed by atoms with E-state index in [9.17, 15) is 25.1 Å². The van der Waals surface area contributed by atoms with Crippen LogP contribution in [0.25, 0.3) is 0 Å². The zero-order valence-electron chi connectivity index (χ0n) is 34.4. The molecule has 1 unspecified atom stereocenters. The fourth-order valence-electron chi connectivity index (χ4n) is 9.67. The molecule has 312 valence electrons. The van der Waals surface area contributed by atoms with E-state index in [0.717, 1.165) is 39.9 Å². The van der Waals surface area contributed by atoms with Gasteiger partial charge in [0, 0.05) is 42.5 Å². The number of methoxy groups -OCH3 is 1. The van der Waals surface area contributed by atoms with Crippen molar-refractivity contribution in [3.8, 4) is 11.5 Å². The van der Waals surface area contributed by atoms with Crippen LogP contribution in [0.3, 0.4) is 0 Å². The number of fused-ring (bicyclic) bond motifs is 3. The molecule has 1 spiro atoms. The number of carbonyl (C=O) groups is 2. The van der Waals surface area contributed by atoms with Crippen molar-refractivity contribution in [2.45, 2.75) is 82.5 Å². The first-order valence-electron chi connectivity index (χ1n) is 20.5. The van der Waals surface area contributed by atoms with E-state index in [0.29, 0.717) is 49.4 Å². The van der Waals surface area contributed by atoms with Gasteiger partial charge in [0.25, 0.3) is 11.6 Å². The van der Waals surface area contributed by atoms with Gasteiger partial charge < -0.3 is 34.6 Å². The van der Waals surface area contributed by atoms with Gasteiger partial charge in [-0.25, -0.2) is 0 Å². The number of anilines is 3. The second kappa shape index (κ2) is 17.2. The Morgan fingerprint density at radius 3 is 2.41 bits per heavy atom. The van der Waals surface area contributed by atoms with E-state index in [4.69, 9.17) is 14.2 Å². The van der Waals surface area contributed by atoms with Gasteiger partial charge in [0.2, 0.25) is 5.91 Å². The highest BCUT2D eigenvalue weighted by Crippen LogP contribution is 2.60. The average Bonchev–Trinajstić information content (AvgIpc) is 3.65. The first-order chi connectivity index (χ1) is 28.4. The predicted molar refractivity (Wildman–Crippen MR) is 229 cm³/mol. The highest BCUT2D eigenvalue weighted by Gasteiger charge is 2.66. The van der Waals surface area contributed by atoms with Crippen LogP contribution in [0.5, 0.6) is 11.5 Å². The summed E-state index contributed by atoms with van der Waals surface area (Å²) < 4.78 is 18.2. The van der Waals surface area contributed by atoms with Crippen LogP contribution >= 0.6 is 0 Å². The standard InChI is InChI=1S/C45H54N4O9Si/c1-6-57-35-15-19-39-31(25-35)26-38(46-21-7-8-22-50)43(52)48(39)32-11-9-10-30(24-32)28-47-40-18-12-33(49(54)55)27-37(40)45(44(47)53)29(2)42(41(58-45)20-23-51)59(4,5)36-16-13-34(56-3)14-17-36/h9-19,24-25,27,29,38,41-42,46,50-51H,6-8,20-23,26,28H2,1-5H3/t29-,38?,41+,42-,45+/m1/s1. The van der Waals surface area contributed by atoms with Gasteiger partial charge in [0.1, 0.15) is 11.5 Å². The molecular formula is C45H54N4O9Si. The predicted octanol–water partition coefficient (Wildman–Crippen LogP) is 6.10. The summed E-state index contributed by atoms with van der Waals surface area (Å²) in [5.41, 5.74) is 2.24. The Balaban J connectivity index is 1.26. The second-order valence-corrected chi connectivity index (χ2v) is 20.9. The minimum Gasteiger partial charge on any atom is -0.497 e. The normalized spacial score (nSPS) is 22.5. The van der Waals surface area contributed by atoms with E-state index >= 15 is 4.79 Å². The summed E-state index contributed by atoms with van der Waals surface area (Å²) >= 11 is 0. The number of aliphatic hydroxyl groups is 2. The van der Waals surface area contributed by atoms with E-state index < -0.39 is 36.7 Å². The monoisotopic (exact) mass is 822 g/mol. The van der Waals surface area contributed by atoms with Gasteiger partial charge in [0.15, 0.2) is 5.60 Å². The van der Waals surface area contributed by atoms with Crippen molar-refractivity contribution in [2.75, 3.05) is 43.3 Å². The van der Waals surface area contributed by atoms with Crippen LogP contribution in [0.15, 0.2) is 84.9 Å². The number of benzene rings is 4. The van der Waals surface area contributed by atoms with Gasteiger partial charge in [-0.05, 0) is 104 Å². The van der Waals surface area contributed by atoms with Gasteiger partial charge in [-0.2, -0.15) is 0 Å². The lowest BCUT2D eigenvalue weighted by Gasteiger charge is -2.37. The minimum atomic E-state index is -2.47. The van der Waals surface area contributed by atoms with E-state index in [-0.39, 0.29) is 42.8 Å². The number of rotatable bonds is 16. The number of nitro benzene ring substituents is 1. The average molecular weight is 823 g/mol. The Kier molecular flexibility index (Phi) is 12.3. The maximum atomic E-state index is 15.3. The number of amides is 2. The van der Waals surface area contributed by atoms with Crippen LogP contribution < -0.4 is 29.8 Å². The zero-order chi connectivity index (χ0) is 42.1. The fourth-order valence-corrected chi connectivity index (χ4v) is 13.7. The van der Waals surface area contributed by atoms with E-state index in [2.05, 4.69) is 30.5 Å². The van der Waals surface area contributed by atoms with Crippen LogP contribution in [0.1, 0.15) is 49.8 Å². The van der Waals surface area contributed by atoms with Gasteiger partial charge in [0.05, 0.1) is 56.8 Å². The third-order valence-electron chi connectivity index (χ3n) is 12.5. The lowest BCUT2D eigenvalue weighted by atomic mass is 9.82. The molecule has 5 atom stereocenters. The van der Waals surface area contributed by atoms with Crippen LogP contribution in [0.4, 0.5) is 22.7 Å². The summed E-state index contributed by atoms with van der Waals surface area (Å²) in [5.74, 6) is 0.619. The lowest BCUT2D eigenvalue weighted by molar-refractivity contribution is -0.385. The number of aliphatic hydroxyl groups excluding tert-OH is 2.